The van der Waals surface area contributed by atoms with Crippen molar-refractivity contribution < 1.29 is 19.4 Å². The van der Waals surface area contributed by atoms with Crippen LogP contribution in [0.4, 0.5) is 0 Å². The Morgan fingerprint density at radius 1 is 1.14 bits per heavy atom. The molecule has 186 valence electrons. The van der Waals surface area contributed by atoms with E-state index in [-0.39, 0.29) is 18.5 Å². The van der Waals surface area contributed by atoms with Crippen molar-refractivity contribution in [2.24, 2.45) is 0 Å². The molecule has 2 heterocycles. The molecule has 35 heavy (non-hydrogen) atoms. The van der Waals surface area contributed by atoms with E-state index in [1.165, 1.54) is 4.88 Å². The third-order valence-electron chi connectivity index (χ3n) is 6.40. The van der Waals surface area contributed by atoms with Crippen molar-refractivity contribution in [2.45, 2.75) is 31.9 Å². The maximum absolute atomic E-state index is 13.6. The normalized spacial score (nSPS) is 16.1. The van der Waals surface area contributed by atoms with Crippen LogP contribution in [-0.2, 0) is 11.2 Å². The summed E-state index contributed by atoms with van der Waals surface area (Å²) in [5, 5.41) is 12.8. The number of nitrogens with zero attached hydrogens (tertiary/aromatic N) is 2. The zero-order valence-corrected chi connectivity index (χ0v) is 21.2. The number of carbonyl (C=O) groups is 1. The Balaban J connectivity index is 1.47. The number of ether oxygens (including phenoxy) is 2. The Labute approximate surface area is 211 Å². The average Bonchev–Trinajstić information content (AvgIpc) is 3.37. The molecule has 7 heteroatoms. The second-order valence-corrected chi connectivity index (χ2v) is 9.78. The van der Waals surface area contributed by atoms with Gasteiger partial charge in [0.25, 0.3) is 0 Å². The number of para-hydroxylation sites is 2. The van der Waals surface area contributed by atoms with E-state index < -0.39 is 6.10 Å². The van der Waals surface area contributed by atoms with Gasteiger partial charge in [-0.25, -0.2) is 0 Å². The number of thiophene rings is 1. The first kappa shape index (κ1) is 25.2. The van der Waals surface area contributed by atoms with Crippen molar-refractivity contribution in [3.05, 3.63) is 82.0 Å². The van der Waals surface area contributed by atoms with E-state index in [0.717, 1.165) is 30.5 Å². The molecule has 0 bridgehead atoms. The minimum Gasteiger partial charge on any atom is -0.493 e. The summed E-state index contributed by atoms with van der Waals surface area (Å²) >= 11 is 1.74. The summed E-state index contributed by atoms with van der Waals surface area (Å²) in [5.74, 6) is 1.41. The molecule has 0 radical (unpaired) electrons. The van der Waals surface area contributed by atoms with E-state index in [2.05, 4.69) is 23.3 Å². The Kier molecular flexibility index (Phi) is 8.79. The molecule has 0 fully saturated rings. The van der Waals surface area contributed by atoms with Crippen LogP contribution in [-0.4, -0.2) is 60.7 Å². The highest BCUT2D eigenvalue weighted by Crippen LogP contribution is 2.35. The lowest BCUT2D eigenvalue weighted by atomic mass is 10.00. The van der Waals surface area contributed by atoms with Gasteiger partial charge in [-0.1, -0.05) is 49.4 Å². The van der Waals surface area contributed by atoms with E-state index in [1.54, 1.807) is 18.4 Å². The van der Waals surface area contributed by atoms with Crippen LogP contribution >= 0.6 is 11.3 Å². The molecule has 1 aliphatic rings. The standard InChI is InChI=1S/C28H34N2O4S/c1-3-15-29(18-24(31)21-9-5-4-6-10-21)19-28(32)30-16-13-27-22(14-17-35-27)23(30)20-34-26-12-8-7-11-25(26)33-2/h4-12,14,17,23-24,31H,3,13,15-16,18-20H2,1-2H3. The van der Waals surface area contributed by atoms with Gasteiger partial charge in [-0.2, -0.15) is 0 Å². The molecule has 2 aromatic carbocycles. The third-order valence-corrected chi connectivity index (χ3v) is 7.39. The second kappa shape index (κ2) is 12.2. The van der Waals surface area contributed by atoms with Crippen molar-refractivity contribution in [1.82, 2.24) is 9.80 Å². The molecule has 1 N–H and O–H groups in total. The van der Waals surface area contributed by atoms with Gasteiger partial charge in [0.05, 0.1) is 25.8 Å². The molecule has 1 aliphatic heterocycles. The predicted molar refractivity (Wildman–Crippen MR) is 139 cm³/mol. The number of methoxy groups -OCH3 is 1. The lowest BCUT2D eigenvalue weighted by molar-refractivity contribution is -0.136. The number of benzene rings is 2. The molecule has 2 atom stereocenters. The van der Waals surface area contributed by atoms with Crippen LogP contribution in [0.25, 0.3) is 0 Å². The molecular formula is C28H34N2O4S. The lowest BCUT2D eigenvalue weighted by Crippen LogP contribution is -2.47. The number of aliphatic hydroxyl groups is 1. The summed E-state index contributed by atoms with van der Waals surface area (Å²) in [6.07, 6.45) is 1.12. The largest absolute Gasteiger partial charge is 0.493 e. The predicted octanol–water partition coefficient (Wildman–Crippen LogP) is 4.71. The first-order chi connectivity index (χ1) is 17.1. The minimum absolute atomic E-state index is 0.0594. The fraction of sp³-hybridized carbons (Fsp3) is 0.393. The maximum Gasteiger partial charge on any atom is 0.237 e. The van der Waals surface area contributed by atoms with Gasteiger partial charge in [0.1, 0.15) is 6.61 Å². The van der Waals surface area contributed by atoms with Crippen LogP contribution in [0, 0.1) is 0 Å². The van der Waals surface area contributed by atoms with Crippen LogP contribution in [0.15, 0.2) is 66.0 Å². The smallest absolute Gasteiger partial charge is 0.237 e. The van der Waals surface area contributed by atoms with Crippen molar-refractivity contribution in [2.75, 3.05) is 39.9 Å². The van der Waals surface area contributed by atoms with E-state index in [0.29, 0.717) is 31.2 Å². The molecule has 3 aromatic rings. The van der Waals surface area contributed by atoms with Crippen molar-refractivity contribution in [1.29, 1.82) is 0 Å². The van der Waals surface area contributed by atoms with Gasteiger partial charge in [0, 0.05) is 18.0 Å². The quantitative estimate of drug-likeness (QED) is 0.418. The maximum atomic E-state index is 13.6. The van der Waals surface area contributed by atoms with E-state index in [1.807, 2.05) is 59.5 Å². The molecule has 6 nitrogen and oxygen atoms in total. The summed E-state index contributed by atoms with van der Waals surface area (Å²) in [4.78, 5) is 18.9. The summed E-state index contributed by atoms with van der Waals surface area (Å²) in [6.45, 7) is 4.54. The van der Waals surface area contributed by atoms with Gasteiger partial charge in [-0.3, -0.25) is 9.69 Å². The number of amides is 1. The summed E-state index contributed by atoms with van der Waals surface area (Å²) < 4.78 is 11.6. The Bertz CT molecular complexity index is 1090. The number of carbonyl (C=O) groups excluding carboxylic acids is 1. The summed E-state index contributed by atoms with van der Waals surface area (Å²) in [5.41, 5.74) is 2.03. The monoisotopic (exact) mass is 494 g/mol. The highest BCUT2D eigenvalue weighted by molar-refractivity contribution is 7.10. The molecule has 0 saturated carbocycles. The molecular weight excluding hydrogens is 460 g/mol. The van der Waals surface area contributed by atoms with Gasteiger partial charge >= 0.3 is 0 Å². The first-order valence-electron chi connectivity index (χ1n) is 12.2. The van der Waals surface area contributed by atoms with Crippen molar-refractivity contribution >= 4 is 17.2 Å². The number of rotatable bonds is 11. The molecule has 2 unspecified atom stereocenters. The first-order valence-corrected chi connectivity index (χ1v) is 13.1. The van der Waals surface area contributed by atoms with Gasteiger partial charge in [-0.15, -0.1) is 11.3 Å². The molecule has 0 aliphatic carbocycles. The topological polar surface area (TPSA) is 62.2 Å². The summed E-state index contributed by atoms with van der Waals surface area (Å²) in [7, 11) is 1.63. The Morgan fingerprint density at radius 3 is 2.63 bits per heavy atom. The zero-order valence-electron chi connectivity index (χ0n) is 20.4. The molecule has 0 saturated heterocycles. The van der Waals surface area contributed by atoms with Crippen LogP contribution in [0.3, 0.4) is 0 Å². The second-order valence-electron chi connectivity index (χ2n) is 8.78. The van der Waals surface area contributed by atoms with Crippen molar-refractivity contribution in [3.8, 4) is 11.5 Å². The highest BCUT2D eigenvalue weighted by atomic mass is 32.1. The molecule has 0 spiro atoms. The zero-order chi connectivity index (χ0) is 24.6. The minimum atomic E-state index is -0.634. The molecule has 1 aromatic heterocycles. The number of hydrogen-bond acceptors (Lipinski definition) is 6. The number of hydrogen-bond donors (Lipinski definition) is 1. The van der Waals surface area contributed by atoms with Crippen LogP contribution in [0.5, 0.6) is 11.5 Å². The van der Waals surface area contributed by atoms with Crippen LogP contribution in [0.2, 0.25) is 0 Å². The molecule has 1 amide bonds. The van der Waals surface area contributed by atoms with Gasteiger partial charge in [0.15, 0.2) is 11.5 Å². The highest BCUT2D eigenvalue weighted by Gasteiger charge is 2.33. The lowest BCUT2D eigenvalue weighted by Gasteiger charge is -2.37. The van der Waals surface area contributed by atoms with Gasteiger partial charge < -0.3 is 19.5 Å². The Hall–Kier alpha value is -2.87. The fourth-order valence-corrected chi connectivity index (χ4v) is 5.57. The SMILES string of the molecule is CCCN(CC(=O)N1CCc2sccc2C1COc1ccccc1OC)CC(O)c1ccccc1. The third kappa shape index (κ3) is 6.23. The van der Waals surface area contributed by atoms with Crippen molar-refractivity contribution in [3.63, 3.8) is 0 Å². The fourth-order valence-electron chi connectivity index (χ4n) is 4.64. The van der Waals surface area contributed by atoms with E-state index >= 15 is 0 Å². The number of aliphatic hydroxyl groups excluding tert-OH is 1. The average molecular weight is 495 g/mol. The number of fused-ring (bicyclic) bond motifs is 1. The Morgan fingerprint density at radius 2 is 1.89 bits per heavy atom. The van der Waals surface area contributed by atoms with Crippen LogP contribution < -0.4 is 9.47 Å². The van der Waals surface area contributed by atoms with E-state index in [4.69, 9.17) is 9.47 Å². The summed E-state index contributed by atoms with van der Waals surface area (Å²) in [6, 6.07) is 19.2. The van der Waals surface area contributed by atoms with Gasteiger partial charge in [-0.05, 0) is 54.1 Å². The van der Waals surface area contributed by atoms with Crippen LogP contribution in [0.1, 0.15) is 41.5 Å². The molecule has 4 rings (SSSR count). The van der Waals surface area contributed by atoms with Gasteiger partial charge in [0.2, 0.25) is 5.91 Å². The van der Waals surface area contributed by atoms with E-state index in [9.17, 15) is 9.90 Å².